The predicted molar refractivity (Wildman–Crippen MR) is 115 cm³/mol. The van der Waals surface area contributed by atoms with Crippen LogP contribution in [0.1, 0.15) is 33.5 Å². The van der Waals surface area contributed by atoms with Gasteiger partial charge in [-0.15, -0.1) is 0 Å². The second kappa shape index (κ2) is 9.30. The van der Waals surface area contributed by atoms with Crippen LogP contribution in [0.5, 0.6) is 17.2 Å². The SMILES string of the molecule is Cc1cc(NC(=O)CC(=O)O)cc(C)c1Oc1ccc(O)c(C(=O)c2ccc(F)cc2)c1. The maximum Gasteiger partial charge on any atom is 0.312 e. The average Bonchev–Trinajstić information content (AvgIpc) is 2.71. The number of ketones is 1. The summed E-state index contributed by atoms with van der Waals surface area (Å²) in [6, 6.07) is 12.5. The molecule has 7 nitrogen and oxygen atoms in total. The number of hydrogen-bond acceptors (Lipinski definition) is 5. The summed E-state index contributed by atoms with van der Waals surface area (Å²) in [4.78, 5) is 35.1. The number of nitrogens with one attached hydrogen (secondary N) is 1. The molecule has 32 heavy (non-hydrogen) atoms. The Kier molecular flexibility index (Phi) is 6.53. The minimum Gasteiger partial charge on any atom is -0.507 e. The van der Waals surface area contributed by atoms with Crippen molar-refractivity contribution in [2.75, 3.05) is 5.32 Å². The van der Waals surface area contributed by atoms with Crippen molar-refractivity contribution in [3.05, 3.63) is 82.7 Å². The summed E-state index contributed by atoms with van der Waals surface area (Å²) in [5, 5.41) is 21.4. The minimum atomic E-state index is -1.23. The number of phenols is 1. The van der Waals surface area contributed by atoms with Crippen molar-refractivity contribution < 1.29 is 33.7 Å². The van der Waals surface area contributed by atoms with Gasteiger partial charge in [0.2, 0.25) is 5.91 Å². The van der Waals surface area contributed by atoms with Gasteiger partial charge in [0.25, 0.3) is 0 Å². The van der Waals surface area contributed by atoms with Gasteiger partial charge in [0.05, 0.1) is 5.56 Å². The lowest BCUT2D eigenvalue weighted by Gasteiger charge is -2.15. The number of carboxylic acids is 1. The molecule has 0 bridgehead atoms. The van der Waals surface area contributed by atoms with Gasteiger partial charge in [-0.1, -0.05) is 0 Å². The largest absolute Gasteiger partial charge is 0.507 e. The quantitative estimate of drug-likeness (QED) is 0.368. The molecule has 0 aliphatic rings. The molecule has 0 unspecified atom stereocenters. The average molecular weight is 437 g/mol. The maximum atomic E-state index is 13.1. The van der Waals surface area contributed by atoms with Crippen molar-refractivity contribution in [3.8, 4) is 17.2 Å². The number of rotatable bonds is 7. The van der Waals surface area contributed by atoms with E-state index in [1.165, 1.54) is 30.3 Å². The second-order valence-corrected chi connectivity index (χ2v) is 7.17. The molecular formula is C24H20FNO6. The first-order valence-electron chi connectivity index (χ1n) is 9.58. The molecule has 0 spiro atoms. The van der Waals surface area contributed by atoms with Crippen LogP contribution in [0.25, 0.3) is 0 Å². The normalized spacial score (nSPS) is 10.5. The van der Waals surface area contributed by atoms with Gasteiger partial charge in [0, 0.05) is 11.3 Å². The van der Waals surface area contributed by atoms with E-state index in [1.807, 2.05) is 0 Å². The fraction of sp³-hybridized carbons (Fsp3) is 0.125. The Morgan fingerprint density at radius 2 is 1.59 bits per heavy atom. The Morgan fingerprint density at radius 1 is 0.969 bits per heavy atom. The van der Waals surface area contributed by atoms with Crippen LogP contribution in [0.4, 0.5) is 10.1 Å². The van der Waals surface area contributed by atoms with E-state index in [4.69, 9.17) is 9.84 Å². The number of phenolic OH excluding ortho intramolecular Hbond substituents is 1. The molecule has 0 saturated heterocycles. The highest BCUT2D eigenvalue weighted by molar-refractivity contribution is 6.10. The summed E-state index contributed by atoms with van der Waals surface area (Å²) in [6.07, 6.45) is -0.644. The standard InChI is InChI=1S/C24H20FNO6/c1-13-9-17(26-21(28)12-22(29)30)10-14(2)24(13)32-18-7-8-20(27)19(11-18)23(31)15-3-5-16(25)6-4-15/h3-11,27H,12H2,1-2H3,(H,26,28)(H,29,30). The van der Waals surface area contributed by atoms with E-state index < -0.39 is 29.9 Å². The second-order valence-electron chi connectivity index (χ2n) is 7.17. The maximum absolute atomic E-state index is 13.1. The van der Waals surface area contributed by atoms with Crippen LogP contribution >= 0.6 is 0 Å². The van der Waals surface area contributed by atoms with Crippen molar-refractivity contribution in [1.29, 1.82) is 0 Å². The summed E-state index contributed by atoms with van der Waals surface area (Å²) < 4.78 is 19.1. The first-order valence-corrected chi connectivity index (χ1v) is 9.58. The number of amides is 1. The lowest BCUT2D eigenvalue weighted by atomic mass is 10.0. The molecule has 0 aliphatic heterocycles. The highest BCUT2D eigenvalue weighted by Gasteiger charge is 2.17. The zero-order chi connectivity index (χ0) is 23.4. The molecule has 3 aromatic rings. The van der Waals surface area contributed by atoms with E-state index >= 15 is 0 Å². The van der Waals surface area contributed by atoms with E-state index in [9.17, 15) is 23.9 Å². The highest BCUT2D eigenvalue weighted by Crippen LogP contribution is 2.34. The van der Waals surface area contributed by atoms with Gasteiger partial charge >= 0.3 is 5.97 Å². The number of carbonyl (C=O) groups excluding carboxylic acids is 2. The Hall–Kier alpha value is -4.20. The van der Waals surface area contributed by atoms with Crippen LogP contribution in [0.15, 0.2) is 54.6 Å². The van der Waals surface area contributed by atoms with Gasteiger partial charge in [-0.2, -0.15) is 0 Å². The van der Waals surface area contributed by atoms with Gasteiger partial charge in [0.1, 0.15) is 29.5 Å². The molecule has 0 radical (unpaired) electrons. The van der Waals surface area contributed by atoms with Crippen LogP contribution in [0, 0.1) is 19.7 Å². The first-order chi connectivity index (χ1) is 15.1. The summed E-state index contributed by atoms with van der Waals surface area (Å²) >= 11 is 0. The molecule has 3 rings (SSSR count). The summed E-state index contributed by atoms with van der Waals surface area (Å²) in [6.45, 7) is 3.50. The molecule has 164 valence electrons. The van der Waals surface area contributed by atoms with Crippen LogP contribution in [-0.2, 0) is 9.59 Å². The first kappa shape index (κ1) is 22.5. The molecule has 0 fully saturated rings. The van der Waals surface area contributed by atoms with E-state index in [0.29, 0.717) is 28.3 Å². The monoisotopic (exact) mass is 437 g/mol. The Balaban J connectivity index is 1.85. The molecule has 0 atom stereocenters. The summed E-state index contributed by atoms with van der Waals surface area (Å²) in [5.41, 5.74) is 1.97. The molecule has 3 aromatic carbocycles. The number of hydrogen-bond donors (Lipinski definition) is 3. The summed E-state index contributed by atoms with van der Waals surface area (Å²) in [7, 11) is 0. The van der Waals surface area contributed by atoms with E-state index in [1.54, 1.807) is 26.0 Å². The summed E-state index contributed by atoms with van der Waals surface area (Å²) in [5.74, 6) is -2.30. The third-order valence-corrected chi connectivity index (χ3v) is 4.59. The highest BCUT2D eigenvalue weighted by atomic mass is 19.1. The smallest absolute Gasteiger partial charge is 0.312 e. The third-order valence-electron chi connectivity index (χ3n) is 4.59. The van der Waals surface area contributed by atoms with Gasteiger partial charge in [-0.05, 0) is 79.6 Å². The molecule has 1 amide bonds. The zero-order valence-corrected chi connectivity index (χ0v) is 17.3. The van der Waals surface area contributed by atoms with Crippen molar-refractivity contribution in [2.24, 2.45) is 0 Å². The number of anilines is 1. The Labute approximate surface area is 183 Å². The number of halogens is 1. The van der Waals surface area contributed by atoms with E-state index in [2.05, 4.69) is 5.32 Å². The van der Waals surface area contributed by atoms with E-state index in [0.717, 1.165) is 12.1 Å². The fourth-order valence-electron chi connectivity index (χ4n) is 3.16. The minimum absolute atomic E-state index is 0.00182. The number of aromatic hydroxyl groups is 1. The predicted octanol–water partition coefficient (Wildman–Crippen LogP) is 4.58. The molecule has 0 aromatic heterocycles. The Bertz CT molecular complexity index is 1180. The molecule has 0 heterocycles. The van der Waals surface area contributed by atoms with Gasteiger partial charge in [-0.3, -0.25) is 14.4 Å². The number of aryl methyl sites for hydroxylation is 2. The molecular weight excluding hydrogens is 417 g/mol. The van der Waals surface area contributed by atoms with Crippen molar-refractivity contribution >= 4 is 23.3 Å². The van der Waals surface area contributed by atoms with Crippen LogP contribution in [-0.4, -0.2) is 27.9 Å². The number of aliphatic carboxylic acids is 1. The van der Waals surface area contributed by atoms with E-state index in [-0.39, 0.29) is 16.9 Å². The van der Waals surface area contributed by atoms with Crippen LogP contribution < -0.4 is 10.1 Å². The fourth-order valence-corrected chi connectivity index (χ4v) is 3.16. The topological polar surface area (TPSA) is 113 Å². The van der Waals surface area contributed by atoms with Crippen LogP contribution in [0.3, 0.4) is 0 Å². The number of ether oxygens (including phenoxy) is 1. The number of benzene rings is 3. The van der Waals surface area contributed by atoms with Crippen molar-refractivity contribution in [1.82, 2.24) is 0 Å². The lowest BCUT2D eigenvalue weighted by Crippen LogP contribution is -2.16. The number of carboxylic acid groups (broad SMARTS) is 1. The third kappa shape index (κ3) is 5.28. The molecule has 3 N–H and O–H groups in total. The van der Waals surface area contributed by atoms with Gasteiger partial charge in [-0.25, -0.2) is 4.39 Å². The van der Waals surface area contributed by atoms with Gasteiger partial charge in [0.15, 0.2) is 5.78 Å². The van der Waals surface area contributed by atoms with Crippen molar-refractivity contribution in [3.63, 3.8) is 0 Å². The number of carbonyl (C=O) groups is 3. The molecule has 0 saturated carbocycles. The van der Waals surface area contributed by atoms with Crippen LogP contribution in [0.2, 0.25) is 0 Å². The lowest BCUT2D eigenvalue weighted by molar-refractivity contribution is -0.139. The van der Waals surface area contributed by atoms with Gasteiger partial charge < -0.3 is 20.3 Å². The molecule has 8 heteroatoms. The Morgan fingerprint density at radius 3 is 2.19 bits per heavy atom. The zero-order valence-electron chi connectivity index (χ0n) is 17.3. The van der Waals surface area contributed by atoms with Crippen molar-refractivity contribution in [2.45, 2.75) is 20.3 Å². The molecule has 0 aliphatic carbocycles.